The second-order valence-electron chi connectivity index (χ2n) is 5.44. The summed E-state index contributed by atoms with van der Waals surface area (Å²) >= 11 is 0. The molecule has 0 bridgehead atoms. The Morgan fingerprint density at radius 2 is 2.15 bits per heavy atom. The van der Waals surface area contributed by atoms with Gasteiger partial charge < -0.3 is 5.11 Å². The van der Waals surface area contributed by atoms with E-state index in [4.69, 9.17) is 0 Å². The Labute approximate surface area is 118 Å². The van der Waals surface area contributed by atoms with Crippen LogP contribution in [0.4, 0.5) is 4.39 Å². The predicted octanol–water partition coefficient (Wildman–Crippen LogP) is 2.72. The van der Waals surface area contributed by atoms with Crippen molar-refractivity contribution in [1.82, 2.24) is 9.88 Å². The summed E-state index contributed by atoms with van der Waals surface area (Å²) in [5.41, 5.74) is 1.80. The third-order valence-corrected chi connectivity index (χ3v) is 4.03. The molecule has 1 aliphatic rings. The zero-order valence-electron chi connectivity index (χ0n) is 11.4. The monoisotopic (exact) mass is 274 g/mol. The van der Waals surface area contributed by atoms with E-state index >= 15 is 0 Å². The van der Waals surface area contributed by atoms with E-state index in [1.54, 1.807) is 6.07 Å². The Balaban J connectivity index is 1.81. The van der Waals surface area contributed by atoms with Gasteiger partial charge >= 0.3 is 0 Å². The van der Waals surface area contributed by atoms with Gasteiger partial charge in [-0.15, -0.1) is 0 Å². The summed E-state index contributed by atoms with van der Waals surface area (Å²) in [5.74, 6) is -0.233. The van der Waals surface area contributed by atoms with Gasteiger partial charge in [0.2, 0.25) is 0 Å². The average molecular weight is 274 g/mol. The molecule has 1 aromatic heterocycles. The molecule has 106 valence electrons. The Morgan fingerprint density at radius 3 is 3.00 bits per heavy atom. The van der Waals surface area contributed by atoms with Crippen LogP contribution in [-0.2, 0) is 6.54 Å². The minimum absolute atomic E-state index is 0.207. The highest BCUT2D eigenvalue weighted by atomic mass is 19.1. The van der Waals surface area contributed by atoms with Gasteiger partial charge in [0.1, 0.15) is 5.82 Å². The van der Waals surface area contributed by atoms with Crippen LogP contribution in [0.3, 0.4) is 0 Å². The maximum atomic E-state index is 13.1. The summed E-state index contributed by atoms with van der Waals surface area (Å²) in [4.78, 5) is 6.88. The molecule has 1 fully saturated rings. The number of aliphatic hydroxyl groups excluding tert-OH is 1. The van der Waals surface area contributed by atoms with Gasteiger partial charge in [-0.1, -0.05) is 12.5 Å². The molecule has 1 aromatic carbocycles. The quantitative estimate of drug-likeness (QED) is 0.935. The van der Waals surface area contributed by atoms with E-state index in [1.807, 2.05) is 12.1 Å². The van der Waals surface area contributed by atoms with E-state index in [1.165, 1.54) is 25.0 Å². The summed E-state index contributed by atoms with van der Waals surface area (Å²) in [7, 11) is 0. The second-order valence-corrected chi connectivity index (χ2v) is 5.44. The van der Waals surface area contributed by atoms with Gasteiger partial charge in [-0.05, 0) is 43.7 Å². The molecule has 0 spiro atoms. The molecule has 0 amide bonds. The number of pyridine rings is 1. The number of hydrogen-bond acceptors (Lipinski definition) is 3. The molecule has 1 aliphatic heterocycles. The molecule has 0 unspecified atom stereocenters. The Bertz CT molecular complexity index is 602. The van der Waals surface area contributed by atoms with Gasteiger partial charge in [0.15, 0.2) is 0 Å². The van der Waals surface area contributed by atoms with E-state index in [0.717, 1.165) is 36.1 Å². The van der Waals surface area contributed by atoms with Crippen LogP contribution < -0.4 is 0 Å². The molecule has 3 rings (SSSR count). The van der Waals surface area contributed by atoms with Crippen LogP contribution in [0.1, 0.15) is 25.0 Å². The predicted molar refractivity (Wildman–Crippen MR) is 76.8 cm³/mol. The van der Waals surface area contributed by atoms with E-state index < -0.39 is 0 Å². The van der Waals surface area contributed by atoms with Crippen molar-refractivity contribution >= 4 is 10.9 Å². The minimum Gasteiger partial charge on any atom is -0.395 e. The fraction of sp³-hybridized carbons (Fsp3) is 0.438. The van der Waals surface area contributed by atoms with Crippen molar-refractivity contribution in [2.45, 2.75) is 31.8 Å². The fourth-order valence-electron chi connectivity index (χ4n) is 2.91. The Hall–Kier alpha value is -1.52. The lowest BCUT2D eigenvalue weighted by molar-refractivity contribution is 0.0832. The van der Waals surface area contributed by atoms with Crippen molar-refractivity contribution in [1.29, 1.82) is 0 Å². The highest BCUT2D eigenvalue weighted by Crippen LogP contribution is 2.20. The number of rotatable bonds is 3. The molecule has 0 saturated carbocycles. The number of hydrogen-bond donors (Lipinski definition) is 1. The van der Waals surface area contributed by atoms with Gasteiger partial charge in [-0.2, -0.15) is 0 Å². The summed E-state index contributed by atoms with van der Waals surface area (Å²) in [6.45, 7) is 1.96. The first kappa shape index (κ1) is 13.5. The standard InChI is InChI=1S/C16H19FN2O/c17-13-5-7-16-12(9-13)4-6-14(18-16)10-19-8-2-1-3-15(19)11-20/h4-7,9,15,20H,1-3,8,10-11H2/t15-/m0/s1. The van der Waals surface area contributed by atoms with Crippen molar-refractivity contribution in [2.24, 2.45) is 0 Å². The van der Waals surface area contributed by atoms with Crippen molar-refractivity contribution in [3.63, 3.8) is 0 Å². The first-order valence-corrected chi connectivity index (χ1v) is 7.16. The molecule has 1 N–H and O–H groups in total. The molecule has 1 atom stereocenters. The second kappa shape index (κ2) is 5.85. The molecule has 0 aliphatic carbocycles. The van der Waals surface area contributed by atoms with Crippen molar-refractivity contribution in [2.75, 3.05) is 13.2 Å². The number of aromatic nitrogens is 1. The normalized spacial score (nSPS) is 20.4. The van der Waals surface area contributed by atoms with Crippen LogP contribution in [0.2, 0.25) is 0 Å². The number of piperidine rings is 1. The lowest BCUT2D eigenvalue weighted by Gasteiger charge is -2.34. The molecule has 20 heavy (non-hydrogen) atoms. The number of fused-ring (bicyclic) bond motifs is 1. The number of nitrogens with zero attached hydrogens (tertiary/aromatic N) is 2. The van der Waals surface area contributed by atoms with E-state index in [0.29, 0.717) is 0 Å². The van der Waals surface area contributed by atoms with Crippen LogP contribution in [0.25, 0.3) is 10.9 Å². The summed E-state index contributed by atoms with van der Waals surface area (Å²) in [6, 6.07) is 8.77. The first-order chi connectivity index (χ1) is 9.76. The van der Waals surface area contributed by atoms with Crippen LogP contribution in [-0.4, -0.2) is 34.2 Å². The topological polar surface area (TPSA) is 36.4 Å². The van der Waals surface area contributed by atoms with Crippen LogP contribution in [0, 0.1) is 5.82 Å². The zero-order valence-corrected chi connectivity index (χ0v) is 11.4. The molecule has 3 nitrogen and oxygen atoms in total. The SMILES string of the molecule is OC[C@@H]1CCCCN1Cc1ccc2cc(F)ccc2n1. The van der Waals surface area contributed by atoms with Crippen molar-refractivity contribution < 1.29 is 9.50 Å². The summed E-state index contributed by atoms with van der Waals surface area (Å²) < 4.78 is 13.1. The number of halogens is 1. The molecule has 2 heterocycles. The van der Waals surface area contributed by atoms with Gasteiger partial charge in [0.05, 0.1) is 17.8 Å². The number of aliphatic hydroxyl groups is 1. The zero-order chi connectivity index (χ0) is 13.9. The molecular formula is C16H19FN2O. The maximum absolute atomic E-state index is 13.1. The van der Waals surface area contributed by atoms with E-state index in [2.05, 4.69) is 9.88 Å². The van der Waals surface area contributed by atoms with Crippen molar-refractivity contribution in [3.8, 4) is 0 Å². The smallest absolute Gasteiger partial charge is 0.123 e. The van der Waals surface area contributed by atoms with Gasteiger partial charge in [-0.3, -0.25) is 9.88 Å². The Morgan fingerprint density at radius 1 is 1.25 bits per heavy atom. The lowest BCUT2D eigenvalue weighted by Crippen LogP contribution is -2.41. The highest BCUT2D eigenvalue weighted by Gasteiger charge is 2.21. The maximum Gasteiger partial charge on any atom is 0.123 e. The largest absolute Gasteiger partial charge is 0.395 e. The van der Waals surface area contributed by atoms with Gasteiger partial charge in [-0.25, -0.2) is 4.39 Å². The first-order valence-electron chi connectivity index (χ1n) is 7.16. The summed E-state index contributed by atoms with van der Waals surface area (Å²) in [6.07, 6.45) is 3.41. The van der Waals surface area contributed by atoms with Crippen LogP contribution >= 0.6 is 0 Å². The van der Waals surface area contributed by atoms with E-state index in [-0.39, 0.29) is 18.5 Å². The third kappa shape index (κ3) is 2.81. The molecule has 2 aromatic rings. The van der Waals surface area contributed by atoms with Crippen LogP contribution in [0.15, 0.2) is 30.3 Å². The molecular weight excluding hydrogens is 255 g/mol. The minimum atomic E-state index is -0.233. The average Bonchev–Trinajstić information content (AvgIpc) is 2.48. The van der Waals surface area contributed by atoms with Gasteiger partial charge in [0.25, 0.3) is 0 Å². The van der Waals surface area contributed by atoms with Crippen molar-refractivity contribution in [3.05, 3.63) is 41.8 Å². The number of likely N-dealkylation sites (tertiary alicyclic amines) is 1. The van der Waals surface area contributed by atoms with Gasteiger partial charge in [0, 0.05) is 18.0 Å². The molecule has 4 heteroatoms. The number of benzene rings is 1. The van der Waals surface area contributed by atoms with Crippen LogP contribution in [0.5, 0.6) is 0 Å². The molecule has 1 saturated heterocycles. The lowest BCUT2D eigenvalue weighted by atomic mass is 10.0. The highest BCUT2D eigenvalue weighted by molar-refractivity contribution is 5.78. The Kier molecular flexibility index (Phi) is 3.94. The molecule has 0 radical (unpaired) electrons. The van der Waals surface area contributed by atoms with E-state index in [9.17, 15) is 9.50 Å². The summed E-state index contributed by atoms with van der Waals surface area (Å²) in [5, 5.41) is 10.3. The fourth-order valence-corrected chi connectivity index (χ4v) is 2.91. The third-order valence-electron chi connectivity index (χ3n) is 4.03.